The topological polar surface area (TPSA) is 74.9 Å². The lowest BCUT2D eigenvalue weighted by Gasteiger charge is -2.07. The van der Waals surface area contributed by atoms with Crippen molar-refractivity contribution in [3.05, 3.63) is 28.9 Å². The number of nitrogens with zero attached hydrogens (tertiary/aromatic N) is 1. The van der Waals surface area contributed by atoms with Crippen LogP contribution in [0.1, 0.15) is 11.6 Å². The molecule has 5 heteroatoms. The van der Waals surface area contributed by atoms with Crippen molar-refractivity contribution in [1.29, 1.82) is 0 Å². The normalized spacial score (nSPS) is 13.4. The number of aromatic nitrogens is 2. The van der Waals surface area contributed by atoms with Crippen molar-refractivity contribution in [1.82, 2.24) is 10.2 Å². The standard InChI is InChI=1S/C9H10ClN3O/c10-9-6-3-5(7(11)4-14)1-2-8(6)12-13-9/h1-3,7,14H,4,11H2,(H,12,13). The van der Waals surface area contributed by atoms with Crippen molar-refractivity contribution in [3.63, 3.8) is 0 Å². The third-order valence-electron chi connectivity index (χ3n) is 2.16. The third kappa shape index (κ3) is 1.48. The van der Waals surface area contributed by atoms with Crippen molar-refractivity contribution >= 4 is 22.5 Å². The van der Waals surface area contributed by atoms with Crippen LogP contribution in [0.3, 0.4) is 0 Å². The van der Waals surface area contributed by atoms with Gasteiger partial charge in [-0.15, -0.1) is 0 Å². The number of aliphatic hydroxyl groups is 1. The molecular formula is C9H10ClN3O. The Labute approximate surface area is 85.7 Å². The molecule has 0 saturated carbocycles. The fourth-order valence-electron chi connectivity index (χ4n) is 1.33. The van der Waals surface area contributed by atoms with Crippen molar-refractivity contribution in [2.24, 2.45) is 5.73 Å². The molecule has 0 radical (unpaired) electrons. The molecule has 1 aromatic carbocycles. The van der Waals surface area contributed by atoms with Crippen LogP contribution in [0.5, 0.6) is 0 Å². The molecule has 1 aromatic heterocycles. The van der Waals surface area contributed by atoms with Gasteiger partial charge in [0, 0.05) is 5.39 Å². The Kier molecular flexibility index (Phi) is 2.41. The first-order valence-corrected chi connectivity index (χ1v) is 4.60. The highest BCUT2D eigenvalue weighted by atomic mass is 35.5. The first-order chi connectivity index (χ1) is 6.72. The second-order valence-electron chi connectivity index (χ2n) is 3.10. The quantitative estimate of drug-likeness (QED) is 0.699. The van der Waals surface area contributed by atoms with Crippen molar-refractivity contribution in [2.45, 2.75) is 6.04 Å². The summed E-state index contributed by atoms with van der Waals surface area (Å²) < 4.78 is 0. The van der Waals surface area contributed by atoms with Crippen LogP contribution in [-0.2, 0) is 0 Å². The molecule has 0 aliphatic heterocycles. The predicted molar refractivity (Wildman–Crippen MR) is 55.1 cm³/mol. The number of nitrogens with two attached hydrogens (primary N) is 1. The second-order valence-corrected chi connectivity index (χ2v) is 3.48. The lowest BCUT2D eigenvalue weighted by atomic mass is 10.1. The van der Waals surface area contributed by atoms with Gasteiger partial charge in [0.15, 0.2) is 0 Å². The SMILES string of the molecule is NC(CO)c1ccc2n[nH]c(Cl)c2c1. The van der Waals surface area contributed by atoms with Gasteiger partial charge in [-0.25, -0.2) is 0 Å². The Balaban J connectivity index is 2.54. The van der Waals surface area contributed by atoms with Gasteiger partial charge in [-0.1, -0.05) is 17.7 Å². The highest BCUT2D eigenvalue weighted by Crippen LogP contribution is 2.23. The average Bonchev–Trinajstić information content (AvgIpc) is 2.59. The van der Waals surface area contributed by atoms with Crippen LogP contribution in [-0.4, -0.2) is 21.9 Å². The van der Waals surface area contributed by atoms with Gasteiger partial charge in [-0.2, -0.15) is 5.10 Å². The summed E-state index contributed by atoms with van der Waals surface area (Å²) in [6.07, 6.45) is 0. The number of halogens is 1. The van der Waals surface area contributed by atoms with E-state index < -0.39 is 0 Å². The van der Waals surface area contributed by atoms with E-state index in [0.717, 1.165) is 16.5 Å². The molecule has 0 bridgehead atoms. The molecular weight excluding hydrogens is 202 g/mol. The number of aromatic amines is 1. The molecule has 1 unspecified atom stereocenters. The number of hydrogen-bond acceptors (Lipinski definition) is 3. The molecule has 1 atom stereocenters. The van der Waals surface area contributed by atoms with E-state index in [1.165, 1.54) is 0 Å². The molecule has 0 fully saturated rings. The first-order valence-electron chi connectivity index (χ1n) is 4.22. The number of benzene rings is 1. The predicted octanol–water partition coefficient (Wildman–Crippen LogP) is 1.21. The van der Waals surface area contributed by atoms with Crippen molar-refractivity contribution < 1.29 is 5.11 Å². The lowest BCUT2D eigenvalue weighted by molar-refractivity contribution is 0.268. The van der Waals surface area contributed by atoms with Crippen LogP contribution < -0.4 is 5.73 Å². The summed E-state index contributed by atoms with van der Waals surface area (Å²) in [5, 5.41) is 16.9. The molecule has 1 heterocycles. The highest BCUT2D eigenvalue weighted by molar-refractivity contribution is 6.34. The molecule has 0 amide bonds. The smallest absolute Gasteiger partial charge is 0.132 e. The Hall–Kier alpha value is -1.10. The summed E-state index contributed by atoms with van der Waals surface area (Å²) in [6, 6.07) is 5.12. The minimum absolute atomic E-state index is 0.0824. The molecule has 74 valence electrons. The highest BCUT2D eigenvalue weighted by Gasteiger charge is 2.08. The molecule has 4 N–H and O–H groups in total. The van der Waals surface area contributed by atoms with E-state index in [4.69, 9.17) is 22.4 Å². The largest absolute Gasteiger partial charge is 0.394 e. The minimum Gasteiger partial charge on any atom is -0.394 e. The fourth-order valence-corrected chi connectivity index (χ4v) is 1.53. The molecule has 14 heavy (non-hydrogen) atoms. The molecule has 0 aliphatic carbocycles. The molecule has 0 saturated heterocycles. The zero-order valence-corrected chi connectivity index (χ0v) is 8.12. The minimum atomic E-state index is -0.370. The molecule has 2 rings (SSSR count). The summed E-state index contributed by atoms with van der Waals surface area (Å²) in [5.74, 6) is 0. The van der Waals surface area contributed by atoms with E-state index in [9.17, 15) is 0 Å². The van der Waals surface area contributed by atoms with Crippen LogP contribution in [0, 0.1) is 0 Å². The van der Waals surface area contributed by atoms with E-state index in [1.807, 2.05) is 18.2 Å². The molecule has 0 spiro atoms. The van der Waals surface area contributed by atoms with Gasteiger partial charge in [-0.05, 0) is 17.7 Å². The van der Waals surface area contributed by atoms with E-state index in [1.54, 1.807) is 0 Å². The van der Waals surface area contributed by atoms with E-state index >= 15 is 0 Å². The van der Waals surface area contributed by atoms with E-state index in [2.05, 4.69) is 10.2 Å². The number of fused-ring (bicyclic) bond motifs is 1. The zero-order valence-electron chi connectivity index (χ0n) is 7.37. The van der Waals surface area contributed by atoms with Crippen LogP contribution in [0.2, 0.25) is 5.15 Å². The van der Waals surface area contributed by atoms with Crippen LogP contribution in [0.25, 0.3) is 10.9 Å². The maximum absolute atomic E-state index is 8.90. The second kappa shape index (κ2) is 3.57. The number of H-pyrrole nitrogens is 1. The maximum atomic E-state index is 8.90. The van der Waals surface area contributed by atoms with Gasteiger partial charge >= 0.3 is 0 Å². The summed E-state index contributed by atoms with van der Waals surface area (Å²) >= 11 is 5.87. The molecule has 4 nitrogen and oxygen atoms in total. The van der Waals surface area contributed by atoms with Gasteiger partial charge in [0.05, 0.1) is 18.2 Å². The summed E-state index contributed by atoms with van der Waals surface area (Å²) in [4.78, 5) is 0. The van der Waals surface area contributed by atoms with Crippen LogP contribution in [0.15, 0.2) is 18.2 Å². The molecule has 0 aliphatic rings. The van der Waals surface area contributed by atoms with Gasteiger partial charge in [0.2, 0.25) is 0 Å². The van der Waals surface area contributed by atoms with Gasteiger partial charge in [-0.3, -0.25) is 5.10 Å². The summed E-state index contributed by atoms with van der Waals surface area (Å²) in [7, 11) is 0. The summed E-state index contributed by atoms with van der Waals surface area (Å²) in [5.41, 5.74) is 7.33. The fraction of sp³-hybridized carbons (Fsp3) is 0.222. The Morgan fingerprint density at radius 3 is 3.07 bits per heavy atom. The number of rotatable bonds is 2. The van der Waals surface area contributed by atoms with Gasteiger partial charge in [0.1, 0.15) is 5.15 Å². The first kappa shape index (κ1) is 9.45. The average molecular weight is 212 g/mol. The Morgan fingerprint density at radius 2 is 2.36 bits per heavy atom. The van der Waals surface area contributed by atoms with E-state index in [0.29, 0.717) is 5.15 Å². The monoisotopic (exact) mass is 211 g/mol. The number of aliphatic hydroxyl groups excluding tert-OH is 1. The van der Waals surface area contributed by atoms with Crippen molar-refractivity contribution in [2.75, 3.05) is 6.61 Å². The molecule has 2 aromatic rings. The summed E-state index contributed by atoms with van der Waals surface area (Å²) in [6.45, 7) is -0.0824. The maximum Gasteiger partial charge on any atom is 0.132 e. The number of nitrogens with one attached hydrogen (secondary N) is 1. The lowest BCUT2D eigenvalue weighted by Crippen LogP contribution is -2.14. The number of hydrogen-bond donors (Lipinski definition) is 3. The van der Waals surface area contributed by atoms with E-state index in [-0.39, 0.29) is 12.6 Å². The van der Waals surface area contributed by atoms with Crippen LogP contribution >= 0.6 is 11.6 Å². The Morgan fingerprint density at radius 1 is 1.57 bits per heavy atom. The zero-order chi connectivity index (χ0) is 10.1. The van der Waals surface area contributed by atoms with Crippen molar-refractivity contribution in [3.8, 4) is 0 Å². The third-order valence-corrected chi connectivity index (χ3v) is 2.44. The Bertz CT molecular complexity index is 454. The van der Waals surface area contributed by atoms with Gasteiger partial charge in [0.25, 0.3) is 0 Å². The van der Waals surface area contributed by atoms with Crippen LogP contribution in [0.4, 0.5) is 0 Å². The van der Waals surface area contributed by atoms with Gasteiger partial charge < -0.3 is 10.8 Å².